The van der Waals surface area contributed by atoms with Gasteiger partial charge in [-0.3, -0.25) is 4.79 Å². The molecule has 5 nitrogen and oxygen atoms in total. The van der Waals surface area contributed by atoms with Crippen molar-refractivity contribution in [1.82, 2.24) is 9.97 Å². The second-order valence-electron chi connectivity index (χ2n) is 6.25. The molecule has 1 heterocycles. The van der Waals surface area contributed by atoms with E-state index in [0.29, 0.717) is 39.1 Å². The third kappa shape index (κ3) is 4.83. The SMILES string of the molecule is Cc1nc(NC2CCCCC2)cc(C(=O)Nc2ccc(Cl)c(Cl)c2)n1. The van der Waals surface area contributed by atoms with Crippen LogP contribution in [0, 0.1) is 6.92 Å². The average Bonchev–Trinajstić information content (AvgIpc) is 2.58. The van der Waals surface area contributed by atoms with Crippen LogP contribution in [0.1, 0.15) is 48.4 Å². The standard InChI is InChI=1S/C18H20Cl2N4O/c1-11-21-16(10-17(22-11)23-12-5-3-2-4-6-12)18(25)24-13-7-8-14(19)15(20)9-13/h7-10,12H,2-6H2,1H3,(H,24,25)(H,21,22,23). The Morgan fingerprint density at radius 3 is 2.56 bits per heavy atom. The van der Waals surface area contributed by atoms with Crippen molar-refractivity contribution in [3.05, 3.63) is 45.8 Å². The predicted octanol–water partition coefficient (Wildman–Crippen LogP) is 5.09. The van der Waals surface area contributed by atoms with Crippen LogP contribution in [0.25, 0.3) is 0 Å². The number of carbonyl (C=O) groups excluding carboxylic acids is 1. The van der Waals surface area contributed by atoms with E-state index in [4.69, 9.17) is 23.2 Å². The Kier molecular flexibility index (Phi) is 5.76. The molecule has 0 radical (unpaired) electrons. The molecule has 1 aromatic heterocycles. The summed E-state index contributed by atoms with van der Waals surface area (Å²) in [5.41, 5.74) is 0.884. The summed E-state index contributed by atoms with van der Waals surface area (Å²) in [5.74, 6) is 0.939. The van der Waals surface area contributed by atoms with Crippen LogP contribution in [0.4, 0.5) is 11.5 Å². The maximum atomic E-state index is 12.5. The lowest BCUT2D eigenvalue weighted by atomic mass is 9.95. The molecule has 3 rings (SSSR count). The Bertz CT molecular complexity index is 776. The van der Waals surface area contributed by atoms with Gasteiger partial charge in [-0.1, -0.05) is 42.5 Å². The zero-order valence-corrected chi connectivity index (χ0v) is 15.5. The average molecular weight is 379 g/mol. The summed E-state index contributed by atoms with van der Waals surface area (Å²) in [7, 11) is 0. The molecule has 132 valence electrons. The minimum atomic E-state index is -0.310. The van der Waals surface area contributed by atoms with Gasteiger partial charge in [-0.25, -0.2) is 9.97 Å². The Balaban J connectivity index is 1.74. The van der Waals surface area contributed by atoms with E-state index in [2.05, 4.69) is 20.6 Å². The fourth-order valence-corrected chi connectivity index (χ4v) is 3.28. The van der Waals surface area contributed by atoms with Gasteiger partial charge in [-0.05, 0) is 38.0 Å². The van der Waals surface area contributed by atoms with E-state index in [9.17, 15) is 4.79 Å². The van der Waals surface area contributed by atoms with E-state index in [0.717, 1.165) is 12.8 Å². The van der Waals surface area contributed by atoms with Gasteiger partial charge in [0.15, 0.2) is 0 Å². The topological polar surface area (TPSA) is 66.9 Å². The molecule has 0 spiro atoms. The van der Waals surface area contributed by atoms with Gasteiger partial charge in [0, 0.05) is 17.8 Å². The van der Waals surface area contributed by atoms with Crippen LogP contribution >= 0.6 is 23.2 Å². The normalized spacial score (nSPS) is 15.0. The zero-order chi connectivity index (χ0) is 17.8. The van der Waals surface area contributed by atoms with E-state index >= 15 is 0 Å². The molecule has 1 aromatic carbocycles. The molecule has 0 aliphatic heterocycles. The molecule has 0 atom stereocenters. The number of aryl methyl sites for hydroxylation is 1. The van der Waals surface area contributed by atoms with Crippen LogP contribution in [0.3, 0.4) is 0 Å². The van der Waals surface area contributed by atoms with Crippen molar-refractivity contribution in [2.45, 2.75) is 45.1 Å². The van der Waals surface area contributed by atoms with Gasteiger partial charge in [-0.2, -0.15) is 0 Å². The summed E-state index contributed by atoms with van der Waals surface area (Å²) in [5, 5.41) is 7.04. The Labute approximate surface area is 157 Å². The van der Waals surface area contributed by atoms with E-state index < -0.39 is 0 Å². The molecule has 1 saturated carbocycles. The molecule has 25 heavy (non-hydrogen) atoms. The summed E-state index contributed by atoms with van der Waals surface area (Å²) in [6.07, 6.45) is 6.01. The van der Waals surface area contributed by atoms with Crippen molar-refractivity contribution >= 4 is 40.6 Å². The third-order valence-corrected chi connectivity index (χ3v) is 4.94. The maximum absolute atomic E-state index is 12.5. The van der Waals surface area contributed by atoms with Crippen LogP contribution in [0.2, 0.25) is 10.0 Å². The van der Waals surface area contributed by atoms with E-state index in [1.165, 1.54) is 19.3 Å². The number of aromatic nitrogens is 2. The van der Waals surface area contributed by atoms with Gasteiger partial charge in [0.1, 0.15) is 17.3 Å². The number of amides is 1. The number of halogens is 2. The number of benzene rings is 1. The molecule has 0 saturated heterocycles. The molecule has 7 heteroatoms. The summed E-state index contributed by atoms with van der Waals surface area (Å²) >= 11 is 11.9. The van der Waals surface area contributed by atoms with Gasteiger partial charge in [0.25, 0.3) is 5.91 Å². The Morgan fingerprint density at radius 2 is 1.84 bits per heavy atom. The molecule has 2 aromatic rings. The highest BCUT2D eigenvalue weighted by atomic mass is 35.5. The van der Waals surface area contributed by atoms with Crippen LogP contribution < -0.4 is 10.6 Å². The molecule has 0 unspecified atom stereocenters. The quantitative estimate of drug-likeness (QED) is 0.777. The van der Waals surface area contributed by atoms with Gasteiger partial charge < -0.3 is 10.6 Å². The molecule has 1 aliphatic carbocycles. The van der Waals surface area contributed by atoms with Crippen molar-refractivity contribution in [1.29, 1.82) is 0 Å². The zero-order valence-electron chi connectivity index (χ0n) is 14.0. The number of carbonyl (C=O) groups is 1. The minimum Gasteiger partial charge on any atom is -0.367 e. The van der Waals surface area contributed by atoms with Crippen molar-refractivity contribution in [2.24, 2.45) is 0 Å². The first-order valence-corrected chi connectivity index (χ1v) is 9.15. The van der Waals surface area contributed by atoms with Crippen LogP contribution in [-0.4, -0.2) is 21.9 Å². The first-order chi connectivity index (χ1) is 12.0. The fourth-order valence-electron chi connectivity index (χ4n) is 2.98. The molecular formula is C18H20Cl2N4O. The Hall–Kier alpha value is -1.85. The van der Waals surface area contributed by atoms with Gasteiger partial charge in [0.2, 0.25) is 0 Å². The smallest absolute Gasteiger partial charge is 0.274 e. The van der Waals surface area contributed by atoms with Crippen LogP contribution in [0.5, 0.6) is 0 Å². The lowest BCUT2D eigenvalue weighted by Crippen LogP contribution is -2.24. The van der Waals surface area contributed by atoms with Crippen molar-refractivity contribution in [3.8, 4) is 0 Å². The number of nitrogens with one attached hydrogen (secondary N) is 2. The number of rotatable bonds is 4. The van der Waals surface area contributed by atoms with Crippen molar-refractivity contribution in [3.63, 3.8) is 0 Å². The first-order valence-electron chi connectivity index (χ1n) is 8.40. The van der Waals surface area contributed by atoms with Gasteiger partial charge in [-0.15, -0.1) is 0 Å². The van der Waals surface area contributed by atoms with Crippen molar-refractivity contribution < 1.29 is 4.79 Å². The molecule has 2 N–H and O–H groups in total. The lowest BCUT2D eigenvalue weighted by molar-refractivity contribution is 0.102. The van der Waals surface area contributed by atoms with E-state index in [1.807, 2.05) is 0 Å². The van der Waals surface area contributed by atoms with E-state index in [-0.39, 0.29) is 5.91 Å². The number of hydrogen-bond acceptors (Lipinski definition) is 4. The monoisotopic (exact) mass is 378 g/mol. The van der Waals surface area contributed by atoms with Crippen LogP contribution in [0.15, 0.2) is 24.3 Å². The second kappa shape index (κ2) is 8.02. The molecule has 1 aliphatic rings. The minimum absolute atomic E-state index is 0.310. The Morgan fingerprint density at radius 1 is 1.08 bits per heavy atom. The first kappa shape index (κ1) is 18.0. The predicted molar refractivity (Wildman–Crippen MR) is 102 cm³/mol. The molecule has 1 fully saturated rings. The van der Waals surface area contributed by atoms with Crippen molar-refractivity contribution in [2.75, 3.05) is 10.6 Å². The maximum Gasteiger partial charge on any atom is 0.274 e. The summed E-state index contributed by atoms with van der Waals surface area (Å²) in [6.45, 7) is 1.78. The molecular weight excluding hydrogens is 359 g/mol. The molecule has 1 amide bonds. The summed E-state index contributed by atoms with van der Waals surface area (Å²) in [4.78, 5) is 21.1. The van der Waals surface area contributed by atoms with Crippen LogP contribution in [-0.2, 0) is 0 Å². The number of nitrogens with zero attached hydrogens (tertiary/aromatic N) is 2. The van der Waals surface area contributed by atoms with E-state index in [1.54, 1.807) is 31.2 Å². The largest absolute Gasteiger partial charge is 0.367 e. The lowest BCUT2D eigenvalue weighted by Gasteiger charge is -2.23. The highest BCUT2D eigenvalue weighted by Crippen LogP contribution is 2.25. The third-order valence-electron chi connectivity index (χ3n) is 4.21. The molecule has 0 bridgehead atoms. The highest BCUT2D eigenvalue weighted by Gasteiger charge is 2.16. The van der Waals surface area contributed by atoms with Gasteiger partial charge in [0.05, 0.1) is 10.0 Å². The summed E-state index contributed by atoms with van der Waals surface area (Å²) in [6, 6.07) is 7.04. The number of anilines is 2. The van der Waals surface area contributed by atoms with Gasteiger partial charge >= 0.3 is 0 Å². The fraction of sp³-hybridized carbons (Fsp3) is 0.389. The summed E-state index contributed by atoms with van der Waals surface area (Å²) < 4.78 is 0. The highest BCUT2D eigenvalue weighted by molar-refractivity contribution is 6.42. The second-order valence-corrected chi connectivity index (χ2v) is 7.06. The number of hydrogen-bond donors (Lipinski definition) is 2.